The SMILES string of the molecule is CC(=O)C12CCC(CC(=O)C1)N2. The molecular weight excluding hydrogens is 154 g/mol. The molecule has 0 aliphatic carbocycles. The average molecular weight is 167 g/mol. The molecule has 12 heavy (non-hydrogen) atoms. The Morgan fingerprint density at radius 2 is 2.42 bits per heavy atom. The van der Waals surface area contributed by atoms with Gasteiger partial charge in [0.1, 0.15) is 11.6 Å². The number of hydrogen-bond donors (Lipinski definition) is 1. The molecule has 0 amide bonds. The second-order valence-electron chi connectivity index (χ2n) is 3.94. The molecule has 66 valence electrons. The van der Waals surface area contributed by atoms with Gasteiger partial charge in [-0.25, -0.2) is 0 Å². The van der Waals surface area contributed by atoms with Gasteiger partial charge in [0.15, 0.2) is 0 Å². The fourth-order valence-corrected chi connectivity index (χ4v) is 2.33. The summed E-state index contributed by atoms with van der Waals surface area (Å²) in [6.07, 6.45) is 2.86. The monoisotopic (exact) mass is 167 g/mol. The van der Waals surface area contributed by atoms with E-state index in [-0.39, 0.29) is 17.6 Å². The summed E-state index contributed by atoms with van der Waals surface area (Å²) >= 11 is 0. The van der Waals surface area contributed by atoms with Crippen molar-refractivity contribution in [1.82, 2.24) is 5.32 Å². The molecule has 0 saturated carbocycles. The third-order valence-corrected chi connectivity index (χ3v) is 3.05. The van der Waals surface area contributed by atoms with E-state index in [4.69, 9.17) is 0 Å². The highest BCUT2D eigenvalue weighted by Gasteiger charge is 2.47. The van der Waals surface area contributed by atoms with E-state index in [2.05, 4.69) is 5.32 Å². The minimum Gasteiger partial charge on any atom is -0.301 e. The molecule has 2 fully saturated rings. The number of rotatable bonds is 1. The van der Waals surface area contributed by atoms with Crippen molar-refractivity contribution in [3.63, 3.8) is 0 Å². The van der Waals surface area contributed by atoms with Crippen LogP contribution in [0.4, 0.5) is 0 Å². The van der Waals surface area contributed by atoms with E-state index >= 15 is 0 Å². The standard InChI is InChI=1S/C9H13NO2/c1-6(11)9-3-2-7(10-9)4-8(12)5-9/h7,10H,2-5H2,1H3. The van der Waals surface area contributed by atoms with Crippen LogP contribution >= 0.6 is 0 Å². The van der Waals surface area contributed by atoms with Crippen LogP contribution in [0.1, 0.15) is 32.6 Å². The van der Waals surface area contributed by atoms with Crippen LogP contribution in [0.2, 0.25) is 0 Å². The van der Waals surface area contributed by atoms with Crippen LogP contribution < -0.4 is 5.32 Å². The van der Waals surface area contributed by atoms with Crippen LogP contribution in [0.15, 0.2) is 0 Å². The van der Waals surface area contributed by atoms with Crippen LogP contribution in [-0.2, 0) is 9.59 Å². The maximum absolute atomic E-state index is 11.3. The number of fused-ring (bicyclic) bond motifs is 2. The molecule has 3 heteroatoms. The maximum Gasteiger partial charge on any atom is 0.150 e. The van der Waals surface area contributed by atoms with Crippen molar-refractivity contribution in [1.29, 1.82) is 0 Å². The number of carbonyl (C=O) groups excluding carboxylic acids is 2. The minimum absolute atomic E-state index is 0.123. The van der Waals surface area contributed by atoms with Crippen molar-refractivity contribution < 1.29 is 9.59 Å². The van der Waals surface area contributed by atoms with Gasteiger partial charge in [-0.2, -0.15) is 0 Å². The molecule has 2 aliphatic heterocycles. The van der Waals surface area contributed by atoms with Crippen LogP contribution in [0.3, 0.4) is 0 Å². The van der Waals surface area contributed by atoms with Crippen LogP contribution in [0.25, 0.3) is 0 Å². The molecule has 2 rings (SSSR count). The predicted molar refractivity (Wildman–Crippen MR) is 43.8 cm³/mol. The van der Waals surface area contributed by atoms with E-state index in [0.717, 1.165) is 12.8 Å². The number of carbonyl (C=O) groups is 2. The van der Waals surface area contributed by atoms with Crippen molar-refractivity contribution in [2.45, 2.75) is 44.2 Å². The number of piperidine rings is 1. The third-order valence-electron chi connectivity index (χ3n) is 3.05. The van der Waals surface area contributed by atoms with Gasteiger partial charge in [-0.1, -0.05) is 0 Å². The third kappa shape index (κ3) is 1.00. The second-order valence-corrected chi connectivity index (χ2v) is 3.94. The minimum atomic E-state index is -0.472. The summed E-state index contributed by atoms with van der Waals surface area (Å²) in [6, 6.07) is 0.273. The number of hydrogen-bond acceptors (Lipinski definition) is 3. The van der Waals surface area contributed by atoms with Gasteiger partial charge in [-0.05, 0) is 19.8 Å². The van der Waals surface area contributed by atoms with Gasteiger partial charge in [-0.15, -0.1) is 0 Å². The first-order chi connectivity index (χ1) is 5.62. The van der Waals surface area contributed by atoms with Gasteiger partial charge in [0.05, 0.1) is 5.54 Å². The van der Waals surface area contributed by atoms with Crippen molar-refractivity contribution in [3.05, 3.63) is 0 Å². The summed E-state index contributed by atoms with van der Waals surface area (Å²) in [5.41, 5.74) is -0.472. The van der Waals surface area contributed by atoms with Gasteiger partial charge in [-0.3, -0.25) is 9.59 Å². The zero-order valence-electron chi connectivity index (χ0n) is 7.22. The molecule has 2 unspecified atom stereocenters. The Balaban J connectivity index is 2.27. The molecule has 0 aromatic heterocycles. The quantitative estimate of drug-likeness (QED) is 0.616. The molecule has 3 nitrogen and oxygen atoms in total. The van der Waals surface area contributed by atoms with Crippen LogP contribution in [0, 0.1) is 0 Å². The zero-order chi connectivity index (χ0) is 8.77. The lowest BCUT2D eigenvalue weighted by molar-refractivity contribution is -0.130. The lowest BCUT2D eigenvalue weighted by atomic mass is 9.86. The Labute approximate surface area is 71.5 Å². The van der Waals surface area contributed by atoms with Gasteiger partial charge < -0.3 is 5.32 Å². The van der Waals surface area contributed by atoms with Crippen LogP contribution in [0.5, 0.6) is 0 Å². The Hall–Kier alpha value is -0.700. The first-order valence-corrected chi connectivity index (χ1v) is 4.43. The van der Waals surface area contributed by atoms with Crippen molar-refractivity contribution in [2.24, 2.45) is 0 Å². The van der Waals surface area contributed by atoms with Crippen molar-refractivity contribution in [3.8, 4) is 0 Å². The second kappa shape index (κ2) is 2.39. The highest BCUT2D eigenvalue weighted by molar-refractivity contribution is 5.94. The van der Waals surface area contributed by atoms with E-state index in [1.165, 1.54) is 0 Å². The fourth-order valence-electron chi connectivity index (χ4n) is 2.33. The molecule has 0 radical (unpaired) electrons. The Bertz CT molecular complexity index is 249. The molecule has 2 atom stereocenters. The highest BCUT2D eigenvalue weighted by atomic mass is 16.1. The fraction of sp³-hybridized carbons (Fsp3) is 0.778. The van der Waals surface area contributed by atoms with Crippen molar-refractivity contribution >= 4 is 11.6 Å². The van der Waals surface area contributed by atoms with Gasteiger partial charge >= 0.3 is 0 Å². The van der Waals surface area contributed by atoms with Crippen LogP contribution in [-0.4, -0.2) is 23.1 Å². The first-order valence-electron chi connectivity index (χ1n) is 4.43. The molecule has 0 aromatic rings. The summed E-state index contributed by atoms with van der Waals surface area (Å²) in [7, 11) is 0. The van der Waals surface area contributed by atoms with E-state index in [1.807, 2.05) is 0 Å². The largest absolute Gasteiger partial charge is 0.301 e. The Morgan fingerprint density at radius 3 is 3.08 bits per heavy atom. The first kappa shape index (κ1) is 7.92. The Kier molecular flexibility index (Phi) is 1.58. The maximum atomic E-state index is 11.3. The van der Waals surface area contributed by atoms with Gasteiger partial charge in [0.25, 0.3) is 0 Å². The zero-order valence-corrected chi connectivity index (χ0v) is 7.22. The van der Waals surface area contributed by atoms with E-state index in [9.17, 15) is 9.59 Å². The molecular formula is C9H13NO2. The molecule has 0 aromatic carbocycles. The molecule has 1 N–H and O–H groups in total. The van der Waals surface area contributed by atoms with E-state index in [0.29, 0.717) is 12.8 Å². The normalized spacial score (nSPS) is 40.1. The topological polar surface area (TPSA) is 46.2 Å². The number of ketones is 2. The summed E-state index contributed by atoms with van der Waals surface area (Å²) in [6.45, 7) is 1.58. The smallest absolute Gasteiger partial charge is 0.150 e. The summed E-state index contributed by atoms with van der Waals surface area (Å²) in [5.74, 6) is 0.365. The van der Waals surface area contributed by atoms with Gasteiger partial charge in [0.2, 0.25) is 0 Å². The lowest BCUT2D eigenvalue weighted by Crippen LogP contribution is -2.54. The lowest BCUT2D eigenvalue weighted by Gasteiger charge is -2.31. The Morgan fingerprint density at radius 1 is 1.67 bits per heavy atom. The summed E-state index contributed by atoms with van der Waals surface area (Å²) in [4.78, 5) is 22.6. The van der Waals surface area contributed by atoms with E-state index in [1.54, 1.807) is 6.92 Å². The molecule has 2 aliphatic rings. The highest BCUT2D eigenvalue weighted by Crippen LogP contribution is 2.34. The number of Topliss-reactive ketones (excluding diaryl/α,β-unsaturated/α-hetero) is 2. The molecule has 2 bridgehead atoms. The van der Waals surface area contributed by atoms with Gasteiger partial charge in [0, 0.05) is 18.9 Å². The number of nitrogens with one attached hydrogen (secondary N) is 1. The summed E-state index contributed by atoms with van der Waals surface area (Å²) < 4.78 is 0. The van der Waals surface area contributed by atoms with E-state index < -0.39 is 5.54 Å². The molecule has 2 saturated heterocycles. The predicted octanol–water partition coefficient (Wildman–Crippen LogP) is 0.429. The molecule has 2 heterocycles. The van der Waals surface area contributed by atoms with Crippen molar-refractivity contribution in [2.75, 3.05) is 0 Å². The average Bonchev–Trinajstić information content (AvgIpc) is 2.28. The summed E-state index contributed by atoms with van der Waals surface area (Å²) in [5, 5.41) is 3.26. The molecule has 0 spiro atoms.